The van der Waals surface area contributed by atoms with E-state index in [1.54, 1.807) is 0 Å². The molecular formula is C42H72N2O8S. The highest BCUT2D eigenvalue weighted by Crippen LogP contribution is 2.42. The summed E-state index contributed by atoms with van der Waals surface area (Å²) in [5, 5.41) is 22.5. The molecule has 10 nitrogen and oxygen atoms in total. The second-order valence-electron chi connectivity index (χ2n) is 18.4. The van der Waals surface area contributed by atoms with Gasteiger partial charge in [-0.3, -0.25) is 19.0 Å². The van der Waals surface area contributed by atoms with Crippen molar-refractivity contribution in [3.05, 3.63) is 0 Å². The lowest BCUT2D eigenvalue weighted by molar-refractivity contribution is -0.257. The molecule has 304 valence electrons. The number of aliphatic carboxylic acids is 1. The fourth-order valence-electron chi connectivity index (χ4n) is 11.5. The van der Waals surface area contributed by atoms with Crippen LogP contribution in [0.4, 0.5) is 0 Å². The van der Waals surface area contributed by atoms with Gasteiger partial charge < -0.3 is 15.3 Å². The Morgan fingerprint density at radius 3 is 1.83 bits per heavy atom. The first-order chi connectivity index (χ1) is 25.8. The molecule has 4 N–H and O–H groups in total. The molecule has 0 heterocycles. The average Bonchev–Trinajstić information content (AvgIpc) is 3.17. The number of nitrogens with one attached hydrogen (secondary N) is 2. The normalized spacial score (nSPS) is 37.2. The first-order valence-electron chi connectivity index (χ1n) is 22.1. The maximum atomic E-state index is 13.4. The van der Waals surface area contributed by atoms with Gasteiger partial charge in [0.15, 0.2) is 11.1 Å². The Balaban J connectivity index is 0.836. The van der Waals surface area contributed by atoms with Gasteiger partial charge in [-0.2, -0.15) is 5.48 Å². The minimum atomic E-state index is -1.36. The first-order valence-corrected chi connectivity index (χ1v) is 23.2. The second kappa shape index (κ2) is 21.4. The summed E-state index contributed by atoms with van der Waals surface area (Å²) in [7, 11) is 0. The summed E-state index contributed by atoms with van der Waals surface area (Å²) in [6.07, 6.45) is 28.1. The highest BCUT2D eigenvalue weighted by molar-refractivity contribution is 7.80. The molecule has 0 radical (unpaired) electrons. The molecule has 1 amide bonds. The van der Waals surface area contributed by atoms with Crippen LogP contribution in [-0.4, -0.2) is 63.1 Å². The molecule has 6 rings (SSSR count). The number of carboxylic acid groups (broad SMARTS) is 1. The van der Waals surface area contributed by atoms with E-state index in [2.05, 4.69) is 15.7 Å². The minimum Gasteiger partial charge on any atom is -0.481 e. The van der Waals surface area contributed by atoms with Gasteiger partial charge in [-0.25, -0.2) is 9.10 Å². The lowest BCUT2D eigenvalue weighted by Gasteiger charge is -2.37. The number of hydrogen-bond donors (Lipinski definition) is 4. The van der Waals surface area contributed by atoms with Crippen molar-refractivity contribution in [2.75, 3.05) is 13.2 Å². The van der Waals surface area contributed by atoms with Crippen LogP contribution in [0.15, 0.2) is 0 Å². The van der Waals surface area contributed by atoms with Crippen molar-refractivity contribution in [3.8, 4) is 0 Å². The molecule has 6 fully saturated rings. The van der Waals surface area contributed by atoms with Crippen molar-refractivity contribution in [2.45, 2.75) is 190 Å². The minimum absolute atomic E-state index is 0.00899. The van der Waals surface area contributed by atoms with E-state index in [0.717, 1.165) is 94.8 Å². The molecule has 0 aliphatic heterocycles. The number of hydrogen-bond acceptors (Lipinski definition) is 8. The van der Waals surface area contributed by atoms with Crippen molar-refractivity contribution in [3.63, 3.8) is 0 Å². The smallest absolute Gasteiger partial charge is 0.307 e. The van der Waals surface area contributed by atoms with Gasteiger partial charge in [0.05, 0.1) is 36.4 Å². The second-order valence-corrected chi connectivity index (χ2v) is 19.8. The van der Waals surface area contributed by atoms with Crippen LogP contribution >= 0.6 is 0 Å². The van der Waals surface area contributed by atoms with Crippen molar-refractivity contribution in [2.24, 2.45) is 47.3 Å². The lowest BCUT2D eigenvalue weighted by Crippen LogP contribution is -2.47. The molecule has 6 saturated carbocycles. The predicted molar refractivity (Wildman–Crippen MR) is 206 cm³/mol. The van der Waals surface area contributed by atoms with Gasteiger partial charge in [-0.05, 0) is 132 Å². The van der Waals surface area contributed by atoms with Crippen LogP contribution < -0.4 is 10.8 Å². The molecule has 11 heteroatoms. The van der Waals surface area contributed by atoms with Crippen LogP contribution in [0.2, 0.25) is 0 Å². The zero-order chi connectivity index (χ0) is 37.0. The van der Waals surface area contributed by atoms with E-state index in [4.69, 9.17) is 9.02 Å². The number of carbonyl (C=O) groups is 2. The van der Waals surface area contributed by atoms with E-state index in [-0.39, 0.29) is 29.3 Å². The van der Waals surface area contributed by atoms with E-state index in [1.807, 2.05) is 0 Å². The molecule has 0 spiro atoms. The molecule has 0 saturated heterocycles. The van der Waals surface area contributed by atoms with Gasteiger partial charge in [0, 0.05) is 12.1 Å². The Morgan fingerprint density at radius 1 is 0.604 bits per heavy atom. The SMILES string of the molecule is O=C(O)C1CC(CC2CCCCC2)CCC1C(=O)NC1CCC(S(=O)OC2CCC(NOCC3CCC(CC4CCCCC4)CC3COO)CC2)CC1. The lowest BCUT2D eigenvalue weighted by atomic mass is 9.69. The number of hydroxylamine groups is 1. The van der Waals surface area contributed by atoms with Gasteiger partial charge in [-0.15, -0.1) is 0 Å². The van der Waals surface area contributed by atoms with Crippen LogP contribution in [0.5, 0.6) is 0 Å². The monoisotopic (exact) mass is 765 g/mol. The summed E-state index contributed by atoms with van der Waals surface area (Å²) in [5.74, 6) is 1.53. The summed E-state index contributed by atoms with van der Waals surface area (Å²) in [6, 6.07) is 0.264. The third-order valence-electron chi connectivity index (χ3n) is 14.7. The van der Waals surface area contributed by atoms with Crippen LogP contribution in [0, 0.1) is 47.3 Å². The van der Waals surface area contributed by atoms with Gasteiger partial charge in [0.2, 0.25) is 5.91 Å². The summed E-state index contributed by atoms with van der Waals surface area (Å²) in [5.41, 5.74) is 3.32. The first kappa shape index (κ1) is 41.5. The summed E-state index contributed by atoms with van der Waals surface area (Å²) in [4.78, 5) is 36.3. The van der Waals surface area contributed by atoms with Crippen molar-refractivity contribution >= 4 is 23.0 Å². The van der Waals surface area contributed by atoms with E-state index in [0.29, 0.717) is 43.8 Å². The van der Waals surface area contributed by atoms with Crippen LogP contribution in [0.3, 0.4) is 0 Å². The third-order valence-corrected chi connectivity index (χ3v) is 16.2. The Kier molecular flexibility index (Phi) is 16.8. The number of rotatable bonds is 16. The summed E-state index contributed by atoms with van der Waals surface area (Å²) in [6.45, 7) is 1.02. The Labute approximate surface area is 321 Å². The standard InChI is InChI=1S/C42H72N2O8S/c45-41(39-22-12-32(26-40(39)42(46)47)24-30-9-5-2-6-10-30)43-35-16-20-38(21-17-35)53(49)52-37-18-14-36(15-19-37)44-50-27-33-13-11-31(25-34(33)28-51-48)23-29-7-3-1-4-8-29/h29-40,44,48H,1-28H2,(H,43,45)(H,46,47). The highest BCUT2D eigenvalue weighted by Gasteiger charge is 2.41. The topological polar surface area (TPSA) is 143 Å². The maximum absolute atomic E-state index is 13.4. The third kappa shape index (κ3) is 12.7. The molecule has 7 unspecified atom stereocenters. The molecule has 0 bridgehead atoms. The zero-order valence-electron chi connectivity index (χ0n) is 32.5. The zero-order valence-corrected chi connectivity index (χ0v) is 33.3. The molecule has 6 aliphatic carbocycles. The molecule has 53 heavy (non-hydrogen) atoms. The molecule has 0 aromatic heterocycles. The molecule has 7 atom stereocenters. The Hall–Kier alpha value is -1.11. The summed E-state index contributed by atoms with van der Waals surface area (Å²) < 4.78 is 19.4. The predicted octanol–water partition coefficient (Wildman–Crippen LogP) is 8.51. The van der Waals surface area contributed by atoms with Crippen LogP contribution in [-0.2, 0) is 34.6 Å². The Morgan fingerprint density at radius 2 is 1.21 bits per heavy atom. The largest absolute Gasteiger partial charge is 0.481 e. The van der Waals surface area contributed by atoms with Gasteiger partial charge in [0.1, 0.15) is 0 Å². The molecule has 0 aromatic rings. The molecule has 6 aliphatic rings. The van der Waals surface area contributed by atoms with E-state index in [1.165, 1.54) is 77.0 Å². The van der Waals surface area contributed by atoms with Gasteiger partial charge >= 0.3 is 5.97 Å². The highest BCUT2D eigenvalue weighted by atomic mass is 32.2. The average molecular weight is 765 g/mol. The van der Waals surface area contributed by atoms with Gasteiger partial charge in [0.25, 0.3) is 0 Å². The number of carboxylic acids is 1. The van der Waals surface area contributed by atoms with Crippen molar-refractivity contribution in [1.29, 1.82) is 0 Å². The van der Waals surface area contributed by atoms with Crippen LogP contribution in [0.1, 0.15) is 167 Å². The maximum Gasteiger partial charge on any atom is 0.307 e. The number of amides is 1. The van der Waals surface area contributed by atoms with Crippen molar-refractivity contribution < 1.29 is 38.1 Å². The van der Waals surface area contributed by atoms with Crippen molar-refractivity contribution in [1.82, 2.24) is 10.8 Å². The molecule has 0 aromatic carbocycles. The quantitative estimate of drug-likeness (QED) is 0.0899. The fraction of sp³-hybridized carbons (Fsp3) is 0.952. The van der Waals surface area contributed by atoms with E-state index < -0.39 is 28.9 Å². The van der Waals surface area contributed by atoms with E-state index >= 15 is 0 Å². The Bertz CT molecular complexity index is 1130. The van der Waals surface area contributed by atoms with E-state index in [9.17, 15) is 24.2 Å². The van der Waals surface area contributed by atoms with Gasteiger partial charge in [-0.1, -0.05) is 70.6 Å². The molecular weight excluding hydrogens is 693 g/mol. The number of carbonyl (C=O) groups excluding carboxylic acids is 1. The summed E-state index contributed by atoms with van der Waals surface area (Å²) >= 11 is -1.36. The fourth-order valence-corrected chi connectivity index (χ4v) is 12.7. The van der Waals surface area contributed by atoms with Crippen LogP contribution in [0.25, 0.3) is 0 Å².